The second kappa shape index (κ2) is 11.3. The number of likely N-dealkylation sites (tertiary alicyclic amines) is 1. The van der Waals surface area contributed by atoms with Gasteiger partial charge in [-0.1, -0.05) is 32.8 Å². The van der Waals surface area contributed by atoms with Crippen molar-refractivity contribution < 1.29 is 19.0 Å². The van der Waals surface area contributed by atoms with Crippen molar-refractivity contribution in [1.82, 2.24) is 4.90 Å². The summed E-state index contributed by atoms with van der Waals surface area (Å²) in [4.78, 5) is 14.6. The van der Waals surface area contributed by atoms with Crippen LogP contribution in [-0.2, 0) is 19.0 Å². The van der Waals surface area contributed by atoms with E-state index in [0.717, 1.165) is 52.0 Å². The van der Waals surface area contributed by atoms with Crippen molar-refractivity contribution in [2.45, 2.75) is 83.5 Å². The molecule has 0 bridgehead atoms. The Balaban J connectivity index is 1.31. The molecule has 0 radical (unpaired) electrons. The Kier molecular flexibility index (Phi) is 8.81. The van der Waals surface area contributed by atoms with Crippen LogP contribution in [-0.4, -0.2) is 56.1 Å². The van der Waals surface area contributed by atoms with E-state index in [1.807, 2.05) is 0 Å². The highest BCUT2D eigenvalue weighted by Crippen LogP contribution is 2.33. The van der Waals surface area contributed by atoms with Crippen LogP contribution in [0.4, 0.5) is 0 Å². The van der Waals surface area contributed by atoms with E-state index in [9.17, 15) is 4.79 Å². The lowest BCUT2D eigenvalue weighted by Crippen LogP contribution is -2.39. The summed E-state index contributed by atoms with van der Waals surface area (Å²) in [5.74, 6) is 0.775. The third kappa shape index (κ3) is 6.57. The largest absolute Gasteiger partial charge is 0.459 e. The lowest BCUT2D eigenvalue weighted by Gasteiger charge is -2.37. The Bertz CT molecular complexity index is 487. The van der Waals surface area contributed by atoms with Crippen LogP contribution in [0.1, 0.15) is 71.1 Å². The average molecular weight is 394 g/mol. The fourth-order valence-corrected chi connectivity index (χ4v) is 4.67. The van der Waals surface area contributed by atoms with Crippen LogP contribution >= 0.6 is 0 Å². The van der Waals surface area contributed by atoms with Crippen molar-refractivity contribution in [2.24, 2.45) is 11.8 Å². The van der Waals surface area contributed by atoms with Gasteiger partial charge in [-0.2, -0.15) is 0 Å². The fourth-order valence-electron chi connectivity index (χ4n) is 4.67. The minimum absolute atomic E-state index is 0.0180. The van der Waals surface area contributed by atoms with Crippen molar-refractivity contribution in [3.63, 3.8) is 0 Å². The fraction of sp³-hybridized carbons (Fsp3) is 0.870. The van der Waals surface area contributed by atoms with E-state index < -0.39 is 0 Å². The first-order valence-corrected chi connectivity index (χ1v) is 11.5. The van der Waals surface area contributed by atoms with Crippen LogP contribution in [0.15, 0.2) is 12.2 Å². The second-order valence-electron chi connectivity index (χ2n) is 8.93. The molecule has 2 aliphatic heterocycles. The van der Waals surface area contributed by atoms with E-state index >= 15 is 0 Å². The van der Waals surface area contributed by atoms with Crippen molar-refractivity contribution in [3.8, 4) is 0 Å². The van der Waals surface area contributed by atoms with Gasteiger partial charge in [0.15, 0.2) is 6.29 Å². The summed E-state index contributed by atoms with van der Waals surface area (Å²) in [5, 5.41) is 0. The first-order valence-electron chi connectivity index (χ1n) is 11.5. The van der Waals surface area contributed by atoms with Gasteiger partial charge in [0, 0.05) is 24.0 Å². The van der Waals surface area contributed by atoms with Gasteiger partial charge in [-0.25, -0.2) is 4.79 Å². The van der Waals surface area contributed by atoms with Gasteiger partial charge in [0.2, 0.25) is 0 Å². The van der Waals surface area contributed by atoms with Crippen LogP contribution in [0.2, 0.25) is 0 Å². The van der Waals surface area contributed by atoms with Gasteiger partial charge in [0.1, 0.15) is 6.10 Å². The number of carbonyl (C=O) groups excluding carboxylic acids is 1. The molecule has 0 atom stereocenters. The van der Waals surface area contributed by atoms with Crippen molar-refractivity contribution >= 4 is 5.97 Å². The number of carbonyl (C=O) groups is 1. The molecule has 28 heavy (non-hydrogen) atoms. The standard InChI is InChI=1S/C23H39NO4/c1-3-4-5-8-19-16-26-23(27-17-19)20-9-11-21(12-10-20)28-22(25)18(2)15-24-13-6-7-14-24/h19-21,23H,2-17H2,1H3. The SMILES string of the molecule is C=C(CN1CCCC1)C(=O)OC1CCC(C2OCC(CCCCC)CO2)CC1. The predicted octanol–water partition coefficient (Wildman–Crippen LogP) is 4.31. The van der Waals surface area contributed by atoms with Crippen LogP contribution in [0.5, 0.6) is 0 Å². The lowest BCUT2D eigenvalue weighted by atomic mass is 9.86. The molecule has 0 amide bonds. The Hall–Kier alpha value is -0.910. The first kappa shape index (κ1) is 21.8. The zero-order chi connectivity index (χ0) is 19.8. The molecule has 160 valence electrons. The number of hydrogen-bond acceptors (Lipinski definition) is 5. The predicted molar refractivity (Wildman–Crippen MR) is 110 cm³/mol. The van der Waals surface area contributed by atoms with Gasteiger partial charge >= 0.3 is 5.97 Å². The van der Waals surface area contributed by atoms with Gasteiger partial charge in [0.25, 0.3) is 0 Å². The Morgan fingerprint density at radius 3 is 2.39 bits per heavy atom. The molecule has 3 rings (SSSR count). The van der Waals surface area contributed by atoms with Crippen LogP contribution < -0.4 is 0 Å². The zero-order valence-corrected chi connectivity index (χ0v) is 17.7. The van der Waals surface area contributed by atoms with E-state index in [-0.39, 0.29) is 18.4 Å². The lowest BCUT2D eigenvalue weighted by molar-refractivity contribution is -0.231. The second-order valence-corrected chi connectivity index (χ2v) is 8.93. The molecule has 1 aliphatic carbocycles. The number of hydrogen-bond donors (Lipinski definition) is 0. The molecular formula is C23H39NO4. The number of nitrogens with zero attached hydrogens (tertiary/aromatic N) is 1. The average Bonchev–Trinajstić information content (AvgIpc) is 3.22. The molecule has 0 unspecified atom stereocenters. The molecule has 1 saturated carbocycles. The van der Waals surface area contributed by atoms with Gasteiger partial charge in [-0.05, 0) is 58.0 Å². The summed E-state index contributed by atoms with van der Waals surface area (Å²) in [6, 6.07) is 0. The number of esters is 1. The summed E-state index contributed by atoms with van der Waals surface area (Å²) in [6.07, 6.45) is 11.2. The molecule has 2 saturated heterocycles. The molecule has 3 fully saturated rings. The van der Waals surface area contributed by atoms with Crippen LogP contribution in [0, 0.1) is 11.8 Å². The maximum atomic E-state index is 12.3. The van der Waals surface area contributed by atoms with E-state index in [1.165, 1.54) is 38.5 Å². The minimum atomic E-state index is -0.213. The van der Waals surface area contributed by atoms with Crippen molar-refractivity contribution in [2.75, 3.05) is 32.8 Å². The topological polar surface area (TPSA) is 48.0 Å². The third-order valence-electron chi connectivity index (χ3n) is 6.49. The smallest absolute Gasteiger partial charge is 0.334 e. The Morgan fingerprint density at radius 2 is 1.75 bits per heavy atom. The molecule has 2 heterocycles. The molecule has 0 spiro atoms. The molecule has 5 nitrogen and oxygen atoms in total. The van der Waals surface area contributed by atoms with E-state index in [4.69, 9.17) is 14.2 Å². The van der Waals surface area contributed by atoms with E-state index in [2.05, 4.69) is 18.4 Å². The van der Waals surface area contributed by atoms with Gasteiger partial charge in [0.05, 0.1) is 13.2 Å². The third-order valence-corrected chi connectivity index (χ3v) is 6.49. The normalized spacial score (nSPS) is 31.6. The number of unbranched alkanes of at least 4 members (excludes halogenated alkanes) is 2. The molecule has 0 aromatic rings. The monoisotopic (exact) mass is 393 g/mol. The summed E-state index contributed by atoms with van der Waals surface area (Å²) in [5.41, 5.74) is 0.595. The summed E-state index contributed by atoms with van der Waals surface area (Å²) >= 11 is 0. The quantitative estimate of drug-likeness (QED) is 0.332. The van der Waals surface area contributed by atoms with Crippen molar-refractivity contribution in [3.05, 3.63) is 12.2 Å². The Labute approximate surface area is 170 Å². The molecule has 3 aliphatic rings. The summed E-state index contributed by atoms with van der Waals surface area (Å²) < 4.78 is 17.8. The summed E-state index contributed by atoms with van der Waals surface area (Å²) in [6.45, 7) is 10.6. The van der Waals surface area contributed by atoms with E-state index in [0.29, 0.717) is 24.0 Å². The molecule has 0 N–H and O–H groups in total. The zero-order valence-electron chi connectivity index (χ0n) is 17.7. The summed E-state index contributed by atoms with van der Waals surface area (Å²) in [7, 11) is 0. The highest BCUT2D eigenvalue weighted by molar-refractivity contribution is 5.88. The maximum Gasteiger partial charge on any atom is 0.334 e. The number of rotatable bonds is 9. The number of ether oxygens (including phenoxy) is 3. The van der Waals surface area contributed by atoms with Gasteiger partial charge < -0.3 is 14.2 Å². The highest BCUT2D eigenvalue weighted by Gasteiger charge is 2.33. The van der Waals surface area contributed by atoms with Gasteiger partial charge in [-0.15, -0.1) is 0 Å². The molecular weight excluding hydrogens is 354 g/mol. The van der Waals surface area contributed by atoms with Crippen molar-refractivity contribution in [1.29, 1.82) is 0 Å². The van der Waals surface area contributed by atoms with Gasteiger partial charge in [-0.3, -0.25) is 4.90 Å². The van der Waals surface area contributed by atoms with Crippen LogP contribution in [0.3, 0.4) is 0 Å². The Morgan fingerprint density at radius 1 is 1.07 bits per heavy atom. The maximum absolute atomic E-state index is 12.3. The highest BCUT2D eigenvalue weighted by atomic mass is 16.7. The molecule has 0 aromatic heterocycles. The van der Waals surface area contributed by atoms with E-state index in [1.54, 1.807) is 0 Å². The molecule has 0 aromatic carbocycles. The van der Waals surface area contributed by atoms with Crippen LogP contribution in [0.25, 0.3) is 0 Å². The minimum Gasteiger partial charge on any atom is -0.459 e. The first-order chi connectivity index (χ1) is 13.7. The molecule has 5 heteroatoms.